The van der Waals surface area contributed by atoms with E-state index in [-0.39, 0.29) is 16.4 Å². The standard InChI is InChI=1S/C13H17BrClNO3S/c1-2-3-4-5-8-16-13(17)10-6-7-11(14)12(9-10)20(15,18)19/h6-7,9H,2-5,8H2,1H3,(H,16,17). The van der Waals surface area contributed by atoms with Crippen LogP contribution in [0, 0.1) is 0 Å². The molecule has 0 spiro atoms. The molecule has 0 atom stereocenters. The summed E-state index contributed by atoms with van der Waals surface area (Å²) in [5, 5.41) is 2.76. The minimum Gasteiger partial charge on any atom is -0.352 e. The van der Waals surface area contributed by atoms with Gasteiger partial charge in [-0.2, -0.15) is 0 Å². The van der Waals surface area contributed by atoms with Crippen LogP contribution < -0.4 is 5.32 Å². The summed E-state index contributed by atoms with van der Waals surface area (Å²) < 4.78 is 23.1. The quantitative estimate of drug-likeness (QED) is 0.578. The van der Waals surface area contributed by atoms with Crippen LogP contribution >= 0.6 is 26.6 Å². The summed E-state index contributed by atoms with van der Waals surface area (Å²) in [6.07, 6.45) is 4.26. The van der Waals surface area contributed by atoms with Crippen molar-refractivity contribution in [3.05, 3.63) is 28.2 Å². The minimum atomic E-state index is -3.88. The molecule has 1 amide bonds. The average molecular weight is 383 g/mol. The first-order valence-corrected chi connectivity index (χ1v) is 9.49. The van der Waals surface area contributed by atoms with Crippen LogP contribution in [-0.2, 0) is 9.05 Å². The lowest BCUT2D eigenvalue weighted by Crippen LogP contribution is -2.24. The summed E-state index contributed by atoms with van der Waals surface area (Å²) in [6, 6.07) is 4.33. The van der Waals surface area contributed by atoms with Crippen LogP contribution in [-0.4, -0.2) is 20.9 Å². The van der Waals surface area contributed by atoms with Crippen LogP contribution in [0.15, 0.2) is 27.6 Å². The van der Waals surface area contributed by atoms with Gasteiger partial charge < -0.3 is 5.32 Å². The molecule has 0 saturated carbocycles. The topological polar surface area (TPSA) is 63.2 Å². The zero-order chi connectivity index (χ0) is 15.2. The second-order valence-corrected chi connectivity index (χ2v) is 7.79. The molecule has 20 heavy (non-hydrogen) atoms. The molecule has 1 aromatic rings. The van der Waals surface area contributed by atoms with Gasteiger partial charge in [-0.1, -0.05) is 26.2 Å². The van der Waals surface area contributed by atoms with Crippen molar-refractivity contribution >= 4 is 41.6 Å². The van der Waals surface area contributed by atoms with Gasteiger partial charge >= 0.3 is 0 Å². The zero-order valence-corrected chi connectivity index (χ0v) is 14.3. The van der Waals surface area contributed by atoms with Gasteiger partial charge in [-0.05, 0) is 40.5 Å². The van der Waals surface area contributed by atoms with Crippen molar-refractivity contribution in [2.75, 3.05) is 6.54 Å². The lowest BCUT2D eigenvalue weighted by Gasteiger charge is -2.07. The smallest absolute Gasteiger partial charge is 0.262 e. The van der Waals surface area contributed by atoms with E-state index in [1.54, 1.807) is 6.07 Å². The van der Waals surface area contributed by atoms with E-state index in [4.69, 9.17) is 10.7 Å². The van der Waals surface area contributed by atoms with E-state index in [0.29, 0.717) is 11.0 Å². The highest BCUT2D eigenvalue weighted by Gasteiger charge is 2.17. The fourth-order valence-corrected chi connectivity index (χ4v) is 3.80. The molecule has 0 bridgehead atoms. The Morgan fingerprint density at radius 2 is 2.00 bits per heavy atom. The van der Waals surface area contributed by atoms with Gasteiger partial charge in [-0.3, -0.25) is 4.79 Å². The van der Waals surface area contributed by atoms with Gasteiger partial charge in [0, 0.05) is 27.3 Å². The molecular weight excluding hydrogens is 366 g/mol. The number of hydrogen-bond donors (Lipinski definition) is 1. The molecule has 7 heteroatoms. The Hall–Kier alpha value is -0.590. The van der Waals surface area contributed by atoms with E-state index in [2.05, 4.69) is 28.2 Å². The van der Waals surface area contributed by atoms with E-state index < -0.39 is 9.05 Å². The highest BCUT2D eigenvalue weighted by Crippen LogP contribution is 2.26. The van der Waals surface area contributed by atoms with Crippen molar-refractivity contribution in [3.63, 3.8) is 0 Å². The van der Waals surface area contributed by atoms with Crippen LogP contribution in [0.3, 0.4) is 0 Å². The van der Waals surface area contributed by atoms with Gasteiger partial charge in [0.25, 0.3) is 15.0 Å². The molecule has 0 aliphatic heterocycles. The maximum absolute atomic E-state index is 11.9. The second kappa shape index (κ2) is 8.00. The zero-order valence-electron chi connectivity index (χ0n) is 11.2. The van der Waals surface area contributed by atoms with Crippen LogP contribution in [0.25, 0.3) is 0 Å². The molecule has 0 heterocycles. The molecule has 1 N–H and O–H groups in total. The van der Waals surface area contributed by atoms with Gasteiger partial charge in [-0.25, -0.2) is 8.42 Å². The SMILES string of the molecule is CCCCCCNC(=O)c1ccc(Br)c(S(=O)(=O)Cl)c1. The number of carbonyl (C=O) groups is 1. The number of carbonyl (C=O) groups excluding carboxylic acids is 1. The van der Waals surface area contributed by atoms with E-state index in [1.165, 1.54) is 12.1 Å². The van der Waals surface area contributed by atoms with Gasteiger partial charge in [0.05, 0.1) is 4.90 Å². The van der Waals surface area contributed by atoms with Crippen LogP contribution in [0.1, 0.15) is 43.0 Å². The van der Waals surface area contributed by atoms with Crippen molar-refractivity contribution in [1.82, 2.24) is 5.32 Å². The highest BCUT2D eigenvalue weighted by molar-refractivity contribution is 9.10. The van der Waals surface area contributed by atoms with E-state index in [0.717, 1.165) is 25.7 Å². The number of hydrogen-bond acceptors (Lipinski definition) is 3. The van der Waals surface area contributed by atoms with Crippen LogP contribution in [0.2, 0.25) is 0 Å². The fraction of sp³-hybridized carbons (Fsp3) is 0.462. The van der Waals surface area contributed by atoms with Gasteiger partial charge in [-0.15, -0.1) is 0 Å². The molecule has 112 valence electrons. The maximum Gasteiger partial charge on any atom is 0.262 e. The Morgan fingerprint density at radius 1 is 1.30 bits per heavy atom. The molecule has 0 radical (unpaired) electrons. The minimum absolute atomic E-state index is 0.0993. The predicted octanol–water partition coefficient (Wildman–Crippen LogP) is 3.69. The summed E-state index contributed by atoms with van der Waals surface area (Å²) in [5.74, 6) is -0.296. The molecule has 1 aromatic carbocycles. The van der Waals surface area contributed by atoms with E-state index in [1.807, 2.05) is 0 Å². The summed E-state index contributed by atoms with van der Waals surface area (Å²) in [7, 11) is 1.44. The van der Waals surface area contributed by atoms with Crippen molar-refractivity contribution in [1.29, 1.82) is 0 Å². The number of halogens is 2. The number of benzene rings is 1. The molecule has 0 unspecified atom stereocenters. The second-order valence-electron chi connectivity index (χ2n) is 4.40. The van der Waals surface area contributed by atoms with Crippen LogP contribution in [0.5, 0.6) is 0 Å². The monoisotopic (exact) mass is 381 g/mol. The number of rotatable bonds is 7. The Kier molecular flexibility index (Phi) is 6.99. The fourth-order valence-electron chi connectivity index (χ4n) is 1.69. The Balaban J connectivity index is 2.70. The van der Waals surface area contributed by atoms with Crippen molar-refractivity contribution in [3.8, 4) is 0 Å². The van der Waals surface area contributed by atoms with Gasteiger partial charge in [0.2, 0.25) is 0 Å². The summed E-state index contributed by atoms with van der Waals surface area (Å²) in [6.45, 7) is 2.70. The Bertz CT molecular complexity index is 575. The third kappa shape index (κ3) is 5.42. The van der Waals surface area contributed by atoms with Gasteiger partial charge in [0.1, 0.15) is 0 Å². The lowest BCUT2D eigenvalue weighted by molar-refractivity contribution is 0.0952. The van der Waals surface area contributed by atoms with Crippen molar-refractivity contribution in [2.45, 2.75) is 37.5 Å². The largest absolute Gasteiger partial charge is 0.352 e. The van der Waals surface area contributed by atoms with E-state index >= 15 is 0 Å². The maximum atomic E-state index is 11.9. The van der Waals surface area contributed by atoms with Crippen molar-refractivity contribution < 1.29 is 13.2 Å². The molecule has 1 rings (SSSR count). The summed E-state index contributed by atoms with van der Waals surface area (Å²) >= 11 is 3.10. The molecular formula is C13H17BrClNO3S. The molecule has 0 saturated heterocycles. The summed E-state index contributed by atoms with van der Waals surface area (Å²) in [5.41, 5.74) is 0.280. The first kappa shape index (κ1) is 17.5. The molecule has 0 aliphatic rings. The number of unbranched alkanes of at least 4 members (excludes halogenated alkanes) is 3. The Labute approximate surface area is 132 Å². The third-order valence-corrected chi connectivity index (χ3v) is 5.09. The Morgan fingerprint density at radius 3 is 2.60 bits per heavy atom. The van der Waals surface area contributed by atoms with Crippen molar-refractivity contribution in [2.24, 2.45) is 0 Å². The number of amides is 1. The molecule has 0 aromatic heterocycles. The average Bonchev–Trinajstić information content (AvgIpc) is 2.37. The molecule has 4 nitrogen and oxygen atoms in total. The van der Waals surface area contributed by atoms with Gasteiger partial charge in [0.15, 0.2) is 0 Å². The first-order valence-electron chi connectivity index (χ1n) is 6.38. The predicted molar refractivity (Wildman–Crippen MR) is 83.7 cm³/mol. The lowest BCUT2D eigenvalue weighted by atomic mass is 10.2. The molecule has 0 aliphatic carbocycles. The van der Waals surface area contributed by atoms with E-state index in [9.17, 15) is 13.2 Å². The highest BCUT2D eigenvalue weighted by atomic mass is 79.9. The third-order valence-electron chi connectivity index (χ3n) is 2.77. The number of nitrogens with one attached hydrogen (secondary N) is 1. The molecule has 0 fully saturated rings. The summed E-state index contributed by atoms with van der Waals surface area (Å²) in [4.78, 5) is 11.8. The normalized spacial score (nSPS) is 11.3. The first-order chi connectivity index (χ1) is 9.36. The van der Waals surface area contributed by atoms with Crippen LogP contribution in [0.4, 0.5) is 0 Å².